The Morgan fingerprint density at radius 3 is 2.92 bits per heavy atom. The Kier molecular flexibility index (Phi) is 3.53. The Morgan fingerprint density at radius 1 is 1.62 bits per heavy atom. The van der Waals surface area contributed by atoms with Crippen LogP contribution in [0.3, 0.4) is 0 Å². The first-order valence-corrected chi connectivity index (χ1v) is 4.40. The second kappa shape index (κ2) is 4.68. The van der Waals surface area contributed by atoms with Crippen molar-refractivity contribution in [2.75, 3.05) is 6.54 Å². The summed E-state index contributed by atoms with van der Waals surface area (Å²) in [5.74, 6) is 0.947. The highest BCUT2D eigenvalue weighted by Gasteiger charge is 2.08. The highest BCUT2D eigenvalue weighted by atomic mass is 16.3. The molecule has 0 aliphatic carbocycles. The summed E-state index contributed by atoms with van der Waals surface area (Å²) in [6.45, 7) is 4.60. The van der Waals surface area contributed by atoms with Gasteiger partial charge in [-0.3, -0.25) is 0 Å². The van der Waals surface area contributed by atoms with Gasteiger partial charge in [-0.25, -0.2) is 0 Å². The average Bonchev–Trinajstić information content (AvgIpc) is 2.66. The Morgan fingerprint density at radius 2 is 2.38 bits per heavy atom. The Balaban J connectivity index is 2.35. The van der Waals surface area contributed by atoms with Gasteiger partial charge in [0.2, 0.25) is 0 Å². The number of nitrogens with one attached hydrogen (secondary N) is 1. The Hall–Kier alpha value is -1.27. The third-order valence-electron chi connectivity index (χ3n) is 1.92. The van der Waals surface area contributed by atoms with Gasteiger partial charge in [-0.1, -0.05) is 0 Å². The van der Waals surface area contributed by atoms with Crippen molar-refractivity contribution < 1.29 is 4.42 Å². The highest BCUT2D eigenvalue weighted by Crippen LogP contribution is 2.12. The molecule has 1 heterocycles. The minimum atomic E-state index is 0.0393. The summed E-state index contributed by atoms with van der Waals surface area (Å²) >= 11 is 0. The van der Waals surface area contributed by atoms with Crippen LogP contribution in [0.15, 0.2) is 22.8 Å². The molecular formula is C10H14N2O. The van der Waals surface area contributed by atoms with Crippen LogP contribution < -0.4 is 5.32 Å². The minimum Gasteiger partial charge on any atom is -0.468 e. The lowest BCUT2D eigenvalue weighted by Crippen LogP contribution is -2.23. The van der Waals surface area contributed by atoms with Crippen LogP contribution in [-0.4, -0.2) is 6.54 Å². The van der Waals surface area contributed by atoms with Crippen molar-refractivity contribution in [1.29, 1.82) is 5.26 Å². The Bertz CT molecular complexity index is 274. The van der Waals surface area contributed by atoms with Crippen LogP contribution in [0.4, 0.5) is 0 Å². The van der Waals surface area contributed by atoms with Gasteiger partial charge in [0.15, 0.2) is 0 Å². The molecule has 0 aromatic carbocycles. The third kappa shape index (κ3) is 2.92. The molecule has 0 amide bonds. The summed E-state index contributed by atoms with van der Waals surface area (Å²) in [6, 6.07) is 6.13. The van der Waals surface area contributed by atoms with Crippen LogP contribution in [0.2, 0.25) is 0 Å². The second-order valence-corrected chi connectivity index (χ2v) is 3.18. The topological polar surface area (TPSA) is 49.0 Å². The van der Waals surface area contributed by atoms with Gasteiger partial charge in [0.25, 0.3) is 0 Å². The SMILES string of the molecule is CC(C#N)CN[C@@H](C)c1ccco1. The van der Waals surface area contributed by atoms with E-state index in [-0.39, 0.29) is 12.0 Å². The number of nitrogens with zero attached hydrogens (tertiary/aromatic N) is 1. The quantitative estimate of drug-likeness (QED) is 0.768. The van der Waals surface area contributed by atoms with Crippen molar-refractivity contribution in [2.45, 2.75) is 19.9 Å². The zero-order chi connectivity index (χ0) is 9.68. The highest BCUT2D eigenvalue weighted by molar-refractivity contribution is 5.03. The molecule has 1 unspecified atom stereocenters. The maximum absolute atomic E-state index is 8.56. The van der Waals surface area contributed by atoms with Crippen molar-refractivity contribution >= 4 is 0 Å². The van der Waals surface area contributed by atoms with Crippen molar-refractivity contribution in [1.82, 2.24) is 5.32 Å². The smallest absolute Gasteiger partial charge is 0.120 e. The van der Waals surface area contributed by atoms with Gasteiger partial charge >= 0.3 is 0 Å². The van der Waals surface area contributed by atoms with E-state index in [4.69, 9.17) is 9.68 Å². The Labute approximate surface area is 78.4 Å². The van der Waals surface area contributed by atoms with E-state index >= 15 is 0 Å². The van der Waals surface area contributed by atoms with Gasteiger partial charge in [-0.15, -0.1) is 0 Å². The van der Waals surface area contributed by atoms with Crippen molar-refractivity contribution in [3.8, 4) is 6.07 Å². The van der Waals surface area contributed by atoms with Crippen LogP contribution in [0.5, 0.6) is 0 Å². The van der Waals surface area contributed by atoms with E-state index in [9.17, 15) is 0 Å². The molecule has 3 nitrogen and oxygen atoms in total. The number of furan rings is 1. The van der Waals surface area contributed by atoms with E-state index < -0.39 is 0 Å². The molecule has 0 aliphatic heterocycles. The summed E-state index contributed by atoms with van der Waals surface area (Å²) in [4.78, 5) is 0. The third-order valence-corrected chi connectivity index (χ3v) is 1.92. The fourth-order valence-electron chi connectivity index (χ4n) is 1.04. The molecular weight excluding hydrogens is 164 g/mol. The van der Waals surface area contributed by atoms with Crippen molar-refractivity contribution in [3.63, 3.8) is 0 Å². The van der Waals surface area contributed by atoms with Gasteiger partial charge in [0.1, 0.15) is 5.76 Å². The molecule has 2 atom stereocenters. The molecule has 1 N–H and O–H groups in total. The van der Waals surface area contributed by atoms with Gasteiger partial charge in [-0.2, -0.15) is 5.26 Å². The summed E-state index contributed by atoms with van der Waals surface area (Å²) in [7, 11) is 0. The maximum Gasteiger partial charge on any atom is 0.120 e. The molecule has 0 bridgehead atoms. The molecule has 0 aliphatic rings. The lowest BCUT2D eigenvalue weighted by Gasteiger charge is -2.11. The van der Waals surface area contributed by atoms with E-state index in [2.05, 4.69) is 11.4 Å². The fraction of sp³-hybridized carbons (Fsp3) is 0.500. The largest absolute Gasteiger partial charge is 0.468 e. The number of hydrogen-bond donors (Lipinski definition) is 1. The van der Waals surface area contributed by atoms with E-state index in [0.29, 0.717) is 6.54 Å². The first-order chi connectivity index (χ1) is 6.24. The summed E-state index contributed by atoms with van der Waals surface area (Å²) in [5, 5.41) is 11.8. The monoisotopic (exact) mass is 178 g/mol. The molecule has 1 aromatic rings. The van der Waals surface area contributed by atoms with Crippen LogP contribution >= 0.6 is 0 Å². The molecule has 13 heavy (non-hydrogen) atoms. The van der Waals surface area contributed by atoms with Gasteiger partial charge in [0.05, 0.1) is 24.3 Å². The van der Waals surface area contributed by atoms with Crippen LogP contribution in [-0.2, 0) is 0 Å². The standard InChI is InChI=1S/C10H14N2O/c1-8(6-11)7-12-9(2)10-4-3-5-13-10/h3-5,8-9,12H,7H2,1-2H3/t8?,9-/m0/s1. The van der Waals surface area contributed by atoms with Gasteiger partial charge < -0.3 is 9.73 Å². The second-order valence-electron chi connectivity index (χ2n) is 3.18. The number of nitriles is 1. The molecule has 70 valence electrons. The van der Waals surface area contributed by atoms with Crippen LogP contribution in [0.1, 0.15) is 25.6 Å². The molecule has 1 rings (SSSR count). The average molecular weight is 178 g/mol. The first kappa shape index (κ1) is 9.82. The summed E-state index contributed by atoms with van der Waals surface area (Å²) in [6.07, 6.45) is 1.65. The zero-order valence-corrected chi connectivity index (χ0v) is 7.95. The normalized spacial score (nSPS) is 14.8. The summed E-state index contributed by atoms with van der Waals surface area (Å²) < 4.78 is 5.22. The fourth-order valence-corrected chi connectivity index (χ4v) is 1.04. The van der Waals surface area contributed by atoms with Crippen LogP contribution in [0.25, 0.3) is 0 Å². The molecule has 3 heteroatoms. The lowest BCUT2D eigenvalue weighted by atomic mass is 10.2. The molecule has 1 aromatic heterocycles. The molecule has 0 saturated heterocycles. The van der Waals surface area contributed by atoms with Gasteiger partial charge in [0, 0.05) is 6.54 Å². The van der Waals surface area contributed by atoms with E-state index in [1.165, 1.54) is 0 Å². The predicted molar refractivity (Wildman–Crippen MR) is 49.9 cm³/mol. The number of rotatable bonds is 4. The van der Waals surface area contributed by atoms with E-state index in [1.807, 2.05) is 26.0 Å². The van der Waals surface area contributed by atoms with Crippen LogP contribution in [0, 0.1) is 17.2 Å². The van der Waals surface area contributed by atoms with E-state index in [0.717, 1.165) is 5.76 Å². The number of hydrogen-bond acceptors (Lipinski definition) is 3. The summed E-state index contributed by atoms with van der Waals surface area (Å²) in [5.41, 5.74) is 0. The van der Waals surface area contributed by atoms with Gasteiger partial charge in [-0.05, 0) is 26.0 Å². The maximum atomic E-state index is 8.56. The van der Waals surface area contributed by atoms with Crippen molar-refractivity contribution in [3.05, 3.63) is 24.2 Å². The van der Waals surface area contributed by atoms with E-state index in [1.54, 1.807) is 6.26 Å². The minimum absolute atomic E-state index is 0.0393. The molecule has 0 radical (unpaired) electrons. The lowest BCUT2D eigenvalue weighted by molar-refractivity contribution is 0.421. The molecule has 0 spiro atoms. The first-order valence-electron chi connectivity index (χ1n) is 4.40. The predicted octanol–water partition coefficient (Wildman–Crippen LogP) is 2.09. The molecule has 0 fully saturated rings. The molecule has 0 saturated carbocycles. The van der Waals surface area contributed by atoms with Crippen molar-refractivity contribution in [2.24, 2.45) is 5.92 Å². The zero-order valence-electron chi connectivity index (χ0n) is 7.95.